The molecular formula is C27H38N2O3. The lowest BCUT2D eigenvalue weighted by Crippen LogP contribution is -2.16. The number of rotatable bonds is 12. The van der Waals surface area contributed by atoms with Crippen LogP contribution >= 0.6 is 0 Å². The van der Waals surface area contributed by atoms with Crippen molar-refractivity contribution in [1.29, 1.82) is 0 Å². The van der Waals surface area contributed by atoms with Crippen LogP contribution in [0.2, 0.25) is 0 Å². The molecule has 1 atom stereocenters. The van der Waals surface area contributed by atoms with E-state index in [4.69, 9.17) is 14.5 Å². The molecule has 2 aromatic rings. The molecule has 1 aliphatic carbocycles. The highest BCUT2D eigenvalue weighted by Gasteiger charge is 2.20. The van der Waals surface area contributed by atoms with Gasteiger partial charge in [0.15, 0.2) is 5.82 Å². The Hall–Kier alpha value is -2.43. The maximum absolute atomic E-state index is 11.8. The Bertz CT molecular complexity index is 835. The SMILES string of the molecule is CCCCCCOC(=O)Oc1ccc(-c2ncc3c(n2)CCC(CCCCCC)C3)cc1. The summed E-state index contributed by atoms with van der Waals surface area (Å²) < 4.78 is 10.4. The van der Waals surface area contributed by atoms with Gasteiger partial charge in [0, 0.05) is 17.5 Å². The van der Waals surface area contributed by atoms with Gasteiger partial charge in [-0.05, 0) is 61.4 Å². The summed E-state index contributed by atoms with van der Waals surface area (Å²) in [4.78, 5) is 21.3. The van der Waals surface area contributed by atoms with Crippen LogP contribution in [0.25, 0.3) is 11.4 Å². The number of carbonyl (C=O) groups excluding carboxylic acids is 1. The molecule has 0 fully saturated rings. The molecule has 5 heteroatoms. The van der Waals surface area contributed by atoms with E-state index in [-0.39, 0.29) is 0 Å². The normalized spacial score (nSPS) is 15.2. The number of aryl methyl sites for hydroxylation is 1. The molecule has 3 rings (SSSR count). The second-order valence-electron chi connectivity index (χ2n) is 8.91. The van der Waals surface area contributed by atoms with Crippen LogP contribution in [-0.4, -0.2) is 22.7 Å². The van der Waals surface area contributed by atoms with Crippen molar-refractivity contribution in [2.45, 2.75) is 90.9 Å². The monoisotopic (exact) mass is 438 g/mol. The molecule has 0 saturated carbocycles. The Balaban J connectivity index is 1.49. The molecule has 32 heavy (non-hydrogen) atoms. The number of ether oxygens (including phenoxy) is 2. The fourth-order valence-corrected chi connectivity index (χ4v) is 4.31. The number of nitrogens with zero attached hydrogens (tertiary/aromatic N) is 2. The minimum absolute atomic E-state index is 0.402. The summed E-state index contributed by atoms with van der Waals surface area (Å²) >= 11 is 0. The highest BCUT2D eigenvalue weighted by molar-refractivity contribution is 5.65. The van der Waals surface area contributed by atoms with Crippen molar-refractivity contribution in [2.75, 3.05) is 6.61 Å². The molecule has 0 bridgehead atoms. The largest absolute Gasteiger partial charge is 0.513 e. The number of aromatic nitrogens is 2. The first-order chi connectivity index (χ1) is 15.7. The summed E-state index contributed by atoms with van der Waals surface area (Å²) in [6.07, 6.45) is 15.6. The molecule has 0 aliphatic heterocycles. The van der Waals surface area contributed by atoms with Crippen LogP contribution in [0.15, 0.2) is 30.5 Å². The molecule has 1 aromatic carbocycles. The van der Waals surface area contributed by atoms with Gasteiger partial charge in [-0.3, -0.25) is 0 Å². The zero-order chi connectivity index (χ0) is 22.6. The lowest BCUT2D eigenvalue weighted by Gasteiger charge is -2.24. The van der Waals surface area contributed by atoms with Crippen LogP contribution in [0.4, 0.5) is 4.79 Å². The van der Waals surface area contributed by atoms with Crippen molar-refractivity contribution in [1.82, 2.24) is 9.97 Å². The molecule has 1 heterocycles. The number of unbranched alkanes of at least 4 members (excludes halogenated alkanes) is 6. The molecule has 0 amide bonds. The van der Waals surface area contributed by atoms with Crippen LogP contribution in [0.3, 0.4) is 0 Å². The van der Waals surface area contributed by atoms with E-state index >= 15 is 0 Å². The van der Waals surface area contributed by atoms with Gasteiger partial charge in [-0.25, -0.2) is 14.8 Å². The van der Waals surface area contributed by atoms with Crippen LogP contribution in [0.1, 0.15) is 89.3 Å². The van der Waals surface area contributed by atoms with Gasteiger partial charge in [-0.1, -0.05) is 65.2 Å². The Labute approximate surface area is 193 Å². The minimum atomic E-state index is -0.650. The zero-order valence-corrected chi connectivity index (χ0v) is 19.8. The first-order valence-electron chi connectivity index (χ1n) is 12.5. The highest BCUT2D eigenvalue weighted by atomic mass is 16.7. The number of hydrogen-bond donors (Lipinski definition) is 0. The molecule has 1 unspecified atom stereocenters. The summed E-state index contributed by atoms with van der Waals surface area (Å²) in [5.41, 5.74) is 3.42. The van der Waals surface area contributed by atoms with E-state index in [1.54, 1.807) is 12.1 Å². The fourth-order valence-electron chi connectivity index (χ4n) is 4.31. The molecule has 1 aromatic heterocycles. The lowest BCUT2D eigenvalue weighted by atomic mass is 9.84. The van der Waals surface area contributed by atoms with E-state index in [1.165, 1.54) is 49.8 Å². The van der Waals surface area contributed by atoms with Gasteiger partial charge < -0.3 is 9.47 Å². The van der Waals surface area contributed by atoms with Gasteiger partial charge in [-0.15, -0.1) is 0 Å². The van der Waals surface area contributed by atoms with Gasteiger partial charge in [0.05, 0.1) is 6.61 Å². The number of fused-ring (bicyclic) bond motifs is 1. The smallest absolute Gasteiger partial charge is 0.434 e. The third-order valence-corrected chi connectivity index (χ3v) is 6.25. The number of benzene rings is 1. The Morgan fingerprint density at radius 3 is 2.50 bits per heavy atom. The molecule has 5 nitrogen and oxygen atoms in total. The predicted molar refractivity (Wildman–Crippen MR) is 128 cm³/mol. The molecule has 1 aliphatic rings. The third-order valence-electron chi connectivity index (χ3n) is 6.25. The molecule has 174 valence electrons. The Morgan fingerprint density at radius 1 is 1.00 bits per heavy atom. The zero-order valence-electron chi connectivity index (χ0n) is 19.8. The molecule has 0 radical (unpaired) electrons. The Kier molecular flexibility index (Phi) is 9.98. The van der Waals surface area contributed by atoms with Gasteiger partial charge in [-0.2, -0.15) is 0 Å². The predicted octanol–water partition coefficient (Wildman–Crippen LogP) is 7.31. The topological polar surface area (TPSA) is 61.3 Å². The quantitative estimate of drug-likeness (QED) is 0.197. The van der Waals surface area contributed by atoms with Crippen molar-refractivity contribution in [2.24, 2.45) is 5.92 Å². The molecule has 0 saturated heterocycles. The van der Waals surface area contributed by atoms with E-state index in [0.29, 0.717) is 12.4 Å². The van der Waals surface area contributed by atoms with E-state index < -0.39 is 6.16 Å². The van der Waals surface area contributed by atoms with E-state index in [1.807, 2.05) is 18.3 Å². The first kappa shape index (κ1) is 24.2. The van der Waals surface area contributed by atoms with Crippen LogP contribution in [-0.2, 0) is 17.6 Å². The molecular weight excluding hydrogens is 400 g/mol. The summed E-state index contributed by atoms with van der Waals surface area (Å²) in [6.45, 7) is 4.82. The third kappa shape index (κ3) is 7.61. The van der Waals surface area contributed by atoms with Crippen molar-refractivity contribution < 1.29 is 14.3 Å². The van der Waals surface area contributed by atoms with Crippen LogP contribution in [0.5, 0.6) is 5.75 Å². The highest BCUT2D eigenvalue weighted by Crippen LogP contribution is 2.29. The van der Waals surface area contributed by atoms with E-state index in [2.05, 4.69) is 18.8 Å². The lowest BCUT2D eigenvalue weighted by molar-refractivity contribution is 0.0973. The van der Waals surface area contributed by atoms with Crippen molar-refractivity contribution in [3.05, 3.63) is 41.7 Å². The van der Waals surface area contributed by atoms with Gasteiger partial charge in [0.2, 0.25) is 0 Å². The maximum Gasteiger partial charge on any atom is 0.513 e. The van der Waals surface area contributed by atoms with Gasteiger partial charge in [0.25, 0.3) is 0 Å². The van der Waals surface area contributed by atoms with Gasteiger partial charge >= 0.3 is 6.16 Å². The fraction of sp³-hybridized carbons (Fsp3) is 0.593. The standard InChI is InChI=1S/C27H38N2O3/c1-3-5-7-9-11-21-12-17-25-23(19-21)20-28-26(29-25)22-13-15-24(16-14-22)32-27(30)31-18-10-8-6-4-2/h13-16,20-21H,3-12,17-19H2,1-2H3. The van der Waals surface area contributed by atoms with Crippen molar-refractivity contribution in [3.8, 4) is 17.1 Å². The average Bonchev–Trinajstić information content (AvgIpc) is 2.82. The summed E-state index contributed by atoms with van der Waals surface area (Å²) in [5.74, 6) is 1.98. The summed E-state index contributed by atoms with van der Waals surface area (Å²) in [7, 11) is 0. The van der Waals surface area contributed by atoms with E-state index in [9.17, 15) is 4.79 Å². The number of carbonyl (C=O) groups is 1. The second kappa shape index (κ2) is 13.2. The van der Waals surface area contributed by atoms with Crippen molar-refractivity contribution >= 4 is 6.16 Å². The van der Waals surface area contributed by atoms with Crippen LogP contribution in [0, 0.1) is 5.92 Å². The average molecular weight is 439 g/mol. The Morgan fingerprint density at radius 2 is 1.75 bits per heavy atom. The molecule has 0 spiro atoms. The molecule has 0 N–H and O–H groups in total. The maximum atomic E-state index is 11.8. The number of hydrogen-bond acceptors (Lipinski definition) is 5. The van der Waals surface area contributed by atoms with Crippen molar-refractivity contribution in [3.63, 3.8) is 0 Å². The summed E-state index contributed by atoms with van der Waals surface area (Å²) in [6, 6.07) is 7.32. The van der Waals surface area contributed by atoms with Gasteiger partial charge in [0.1, 0.15) is 5.75 Å². The first-order valence-corrected chi connectivity index (χ1v) is 12.5. The van der Waals surface area contributed by atoms with E-state index in [0.717, 1.165) is 55.8 Å². The summed E-state index contributed by atoms with van der Waals surface area (Å²) in [5, 5.41) is 0. The minimum Gasteiger partial charge on any atom is -0.434 e. The van der Waals surface area contributed by atoms with Crippen LogP contribution < -0.4 is 4.74 Å². The second-order valence-corrected chi connectivity index (χ2v) is 8.91.